The number of carbonyl (C=O) groups is 3. The van der Waals surface area contributed by atoms with E-state index in [4.69, 9.17) is 11.5 Å². The van der Waals surface area contributed by atoms with E-state index < -0.39 is 41.9 Å². The van der Waals surface area contributed by atoms with E-state index in [-0.39, 0.29) is 25.8 Å². The lowest BCUT2D eigenvalue weighted by Crippen LogP contribution is -2.59. The number of hydrogen-bond acceptors (Lipinski definition) is 8. The van der Waals surface area contributed by atoms with E-state index in [9.17, 15) is 24.6 Å². The Balaban J connectivity index is 0. The third-order valence-electron chi connectivity index (χ3n) is 6.37. The summed E-state index contributed by atoms with van der Waals surface area (Å²) in [5.41, 5.74) is 10.6. The van der Waals surface area contributed by atoms with Crippen LogP contribution in [0, 0.1) is 0 Å². The second-order valence-electron chi connectivity index (χ2n) is 11.1. The molecule has 1 unspecified atom stereocenters. The first-order valence-corrected chi connectivity index (χ1v) is 18.7. The summed E-state index contributed by atoms with van der Waals surface area (Å²) in [5.74, 6) is -0.850. The maximum absolute atomic E-state index is 12.9. The van der Waals surface area contributed by atoms with Gasteiger partial charge in [0.1, 0.15) is 12.6 Å². The number of rotatable bonds is 27. The number of aliphatic hydroxyl groups is 2. The molecule has 13 heteroatoms. The Hall–Kier alpha value is -3.26. The number of guanidine groups is 1. The highest BCUT2D eigenvalue weighted by Gasteiger charge is 2.38. The number of nitrogens with zero attached hydrogens (tertiary/aromatic N) is 1. The van der Waals surface area contributed by atoms with Crippen LogP contribution in [-0.4, -0.2) is 82.8 Å². The van der Waals surface area contributed by atoms with Crippen LogP contribution in [0.3, 0.4) is 0 Å². The standard InChI is InChI=1S/C35H58N6O5S2.CH4/c1-4-5-6-7-8-9-10-11-12-13-14-15-16-17-18-19-20-21-22-23-30(44)38-24-25-47-48-35(2,3)32(33(46)40-29(27-42)28-43)41-31(45)26-39-34(36)37;/h5-6,8-9,11-12,14-15,17-18,20-21,29,32,42-43H,4,7,10,13,16,19,22-28H2,1-3H3,(H,38,44)(H,40,46)(H,41,45)(H4,36,37,39);1H4/b6-5-,9-8-,12-11-,15-14-,18-17-,21-20-;. The fourth-order valence-electron chi connectivity index (χ4n) is 3.77. The normalized spacial score (nSPS) is 12.9. The van der Waals surface area contributed by atoms with Gasteiger partial charge in [-0.2, -0.15) is 0 Å². The molecule has 1 atom stereocenters. The van der Waals surface area contributed by atoms with E-state index in [1.807, 2.05) is 6.08 Å². The highest BCUT2D eigenvalue weighted by Crippen LogP contribution is 2.38. The minimum Gasteiger partial charge on any atom is -0.394 e. The molecular weight excluding hydrogens is 661 g/mol. The molecule has 0 spiro atoms. The Morgan fingerprint density at radius 2 is 1.27 bits per heavy atom. The van der Waals surface area contributed by atoms with Crippen LogP contribution in [0.1, 0.15) is 79.6 Å². The Kier molecular flexibility index (Phi) is 31.2. The maximum atomic E-state index is 12.9. The predicted molar refractivity (Wildman–Crippen MR) is 210 cm³/mol. The maximum Gasteiger partial charge on any atom is 0.244 e. The van der Waals surface area contributed by atoms with Crippen LogP contribution in [0.2, 0.25) is 0 Å². The largest absolute Gasteiger partial charge is 0.394 e. The van der Waals surface area contributed by atoms with Crippen LogP contribution in [0.5, 0.6) is 0 Å². The van der Waals surface area contributed by atoms with Crippen molar-refractivity contribution in [2.45, 2.75) is 96.4 Å². The van der Waals surface area contributed by atoms with Crippen molar-refractivity contribution in [2.24, 2.45) is 16.5 Å². The zero-order valence-corrected chi connectivity index (χ0v) is 30.4. The number of nitrogens with one attached hydrogen (secondary N) is 3. The van der Waals surface area contributed by atoms with Crippen LogP contribution in [0.25, 0.3) is 0 Å². The summed E-state index contributed by atoms with van der Waals surface area (Å²) in [4.78, 5) is 41.2. The monoisotopic (exact) mass is 722 g/mol. The van der Waals surface area contributed by atoms with E-state index in [1.54, 1.807) is 13.8 Å². The van der Waals surface area contributed by atoms with Gasteiger partial charge >= 0.3 is 0 Å². The van der Waals surface area contributed by atoms with Gasteiger partial charge in [-0.3, -0.25) is 14.4 Å². The predicted octanol–water partition coefficient (Wildman–Crippen LogP) is 4.60. The molecule has 9 N–H and O–H groups in total. The van der Waals surface area contributed by atoms with Gasteiger partial charge in [-0.25, -0.2) is 4.99 Å². The molecule has 0 radical (unpaired) electrons. The van der Waals surface area contributed by atoms with Gasteiger partial charge in [0.05, 0.1) is 19.3 Å². The number of aliphatic hydroxyl groups excluding tert-OH is 2. The van der Waals surface area contributed by atoms with Crippen molar-refractivity contribution in [1.82, 2.24) is 16.0 Å². The lowest BCUT2D eigenvalue weighted by molar-refractivity contribution is -0.129. The average molecular weight is 723 g/mol. The van der Waals surface area contributed by atoms with E-state index in [0.29, 0.717) is 25.1 Å². The fourth-order valence-corrected chi connectivity index (χ4v) is 6.31. The quantitative estimate of drug-likeness (QED) is 0.0209. The summed E-state index contributed by atoms with van der Waals surface area (Å²) in [7, 11) is 2.81. The summed E-state index contributed by atoms with van der Waals surface area (Å²) in [5, 5.41) is 26.8. The van der Waals surface area contributed by atoms with Crippen molar-refractivity contribution >= 4 is 45.3 Å². The topological polar surface area (TPSA) is 192 Å². The van der Waals surface area contributed by atoms with Gasteiger partial charge in [0.2, 0.25) is 17.7 Å². The van der Waals surface area contributed by atoms with Gasteiger partial charge < -0.3 is 37.6 Å². The third kappa shape index (κ3) is 28.3. The molecule has 0 fully saturated rings. The molecule has 49 heavy (non-hydrogen) atoms. The smallest absolute Gasteiger partial charge is 0.244 e. The molecule has 11 nitrogen and oxygen atoms in total. The first kappa shape index (κ1) is 47.9. The highest BCUT2D eigenvalue weighted by atomic mass is 33.1. The van der Waals surface area contributed by atoms with Gasteiger partial charge in [-0.15, -0.1) is 0 Å². The number of hydrogen-bond donors (Lipinski definition) is 7. The summed E-state index contributed by atoms with van der Waals surface area (Å²) >= 11 is 0. The molecule has 0 rings (SSSR count). The van der Waals surface area contributed by atoms with E-state index in [1.165, 1.54) is 21.6 Å². The minimum absolute atomic E-state index is 0. The lowest BCUT2D eigenvalue weighted by Gasteiger charge is -2.33. The van der Waals surface area contributed by atoms with Crippen LogP contribution in [-0.2, 0) is 14.4 Å². The van der Waals surface area contributed by atoms with Crippen LogP contribution < -0.4 is 27.4 Å². The molecule has 0 bridgehead atoms. The lowest BCUT2D eigenvalue weighted by atomic mass is 10.0. The molecule has 0 aromatic carbocycles. The molecule has 0 aliphatic carbocycles. The Labute approximate surface area is 302 Å². The molecule has 0 heterocycles. The average Bonchev–Trinajstić information content (AvgIpc) is 3.05. The van der Waals surface area contributed by atoms with Gasteiger partial charge in [-0.05, 0) is 58.8 Å². The SMILES string of the molecule is C.CC/C=C\C/C=C\C/C=C\C/C=C\C/C=C\C/C=C\CCC(=O)NCCSSC(C)(C)C(NC(=O)CN=C(N)N)C(=O)NC(CO)CO. The number of amides is 3. The number of allylic oxidation sites excluding steroid dienone is 12. The molecule has 0 aromatic rings. The van der Waals surface area contributed by atoms with Crippen LogP contribution in [0.15, 0.2) is 77.9 Å². The number of aliphatic imine (C=N–C) groups is 1. The molecule has 278 valence electrons. The molecule has 3 amide bonds. The fraction of sp³-hybridized carbons (Fsp3) is 0.556. The van der Waals surface area contributed by atoms with Crippen molar-refractivity contribution in [3.8, 4) is 0 Å². The van der Waals surface area contributed by atoms with Crippen LogP contribution in [0.4, 0.5) is 0 Å². The Morgan fingerprint density at radius 3 is 1.73 bits per heavy atom. The Morgan fingerprint density at radius 1 is 0.776 bits per heavy atom. The molecule has 0 aromatic heterocycles. The Bertz CT molecular complexity index is 1110. The first-order chi connectivity index (χ1) is 23.1. The summed E-state index contributed by atoms with van der Waals surface area (Å²) in [6, 6.07) is -1.89. The van der Waals surface area contributed by atoms with Gasteiger partial charge in [0, 0.05) is 23.5 Å². The number of carbonyl (C=O) groups excluding carboxylic acids is 3. The molecule has 0 aliphatic heterocycles. The van der Waals surface area contributed by atoms with Crippen molar-refractivity contribution in [2.75, 3.05) is 32.1 Å². The van der Waals surface area contributed by atoms with E-state index in [0.717, 1.165) is 38.5 Å². The van der Waals surface area contributed by atoms with Crippen LogP contribution >= 0.6 is 21.6 Å². The third-order valence-corrected chi connectivity index (χ3v) is 9.67. The van der Waals surface area contributed by atoms with Crippen molar-refractivity contribution < 1.29 is 24.6 Å². The molecule has 0 saturated heterocycles. The minimum atomic E-state index is -1.02. The van der Waals surface area contributed by atoms with Crippen molar-refractivity contribution in [3.63, 3.8) is 0 Å². The van der Waals surface area contributed by atoms with Crippen molar-refractivity contribution in [1.29, 1.82) is 0 Å². The number of nitrogens with two attached hydrogens (primary N) is 2. The molecule has 0 saturated carbocycles. The summed E-state index contributed by atoms with van der Waals surface area (Å²) in [6.07, 6.45) is 32.6. The van der Waals surface area contributed by atoms with Gasteiger partial charge in [0.15, 0.2) is 5.96 Å². The zero-order valence-electron chi connectivity index (χ0n) is 28.8. The summed E-state index contributed by atoms with van der Waals surface area (Å²) < 4.78 is -0.808. The second kappa shape index (κ2) is 32.0. The molecular formula is C36H62N6O5S2. The first-order valence-electron chi connectivity index (χ1n) is 16.4. The zero-order chi connectivity index (χ0) is 35.9. The van der Waals surface area contributed by atoms with E-state index in [2.05, 4.69) is 94.7 Å². The van der Waals surface area contributed by atoms with Gasteiger partial charge in [0.25, 0.3) is 0 Å². The summed E-state index contributed by atoms with van der Waals surface area (Å²) in [6.45, 7) is 4.88. The molecule has 0 aliphatic rings. The second-order valence-corrected chi connectivity index (χ2v) is 14.2. The van der Waals surface area contributed by atoms with Crippen molar-refractivity contribution in [3.05, 3.63) is 72.9 Å². The van der Waals surface area contributed by atoms with E-state index >= 15 is 0 Å². The van der Waals surface area contributed by atoms with Gasteiger partial charge in [-0.1, -0.05) is 109 Å². The highest BCUT2D eigenvalue weighted by molar-refractivity contribution is 8.77.